The molecule has 6 heteroatoms. The number of rotatable bonds is 4. The zero-order valence-corrected chi connectivity index (χ0v) is 27.9. The van der Waals surface area contributed by atoms with E-state index in [9.17, 15) is 20.0 Å². The van der Waals surface area contributed by atoms with Gasteiger partial charge >= 0.3 is 5.97 Å². The topological polar surface area (TPSA) is 89.9 Å². The first-order valence-electron chi connectivity index (χ1n) is 16.8. The Kier molecular flexibility index (Phi) is 7.37. The van der Waals surface area contributed by atoms with Crippen LogP contribution in [-0.4, -0.2) is 24.1 Å². The lowest BCUT2D eigenvalue weighted by Gasteiger charge is -2.72. The predicted octanol–water partition coefficient (Wildman–Crippen LogP) is 8.77. The number of esters is 1. The Labute approximate surface area is 263 Å². The maximum absolute atomic E-state index is 14.1. The molecule has 6 nitrogen and oxygen atoms in total. The monoisotopic (exact) mass is 602 g/mol. The van der Waals surface area contributed by atoms with Crippen LogP contribution >= 0.6 is 0 Å². The number of allylic oxidation sites excluding steroid dienone is 2. The Morgan fingerprint density at radius 2 is 1.75 bits per heavy atom. The van der Waals surface area contributed by atoms with Gasteiger partial charge in [0.15, 0.2) is 5.78 Å². The second-order valence-corrected chi connectivity index (χ2v) is 16.6. The number of methoxy groups -OCH3 is 1. The largest absolute Gasteiger partial charge is 0.733 e. The van der Waals surface area contributed by atoms with Crippen molar-refractivity contribution in [2.75, 3.05) is 12.3 Å². The second-order valence-electron chi connectivity index (χ2n) is 16.6. The smallest absolute Gasteiger partial charge is 0.312 e. The van der Waals surface area contributed by atoms with Crippen molar-refractivity contribution >= 4 is 23.5 Å². The molecule has 0 amide bonds. The third kappa shape index (κ3) is 4.11. The minimum atomic E-state index is -0.500. The summed E-state index contributed by atoms with van der Waals surface area (Å²) in [6.45, 7) is 18.4. The molecule has 0 unspecified atom stereocenters. The van der Waals surface area contributed by atoms with Crippen LogP contribution in [0, 0.1) is 61.9 Å². The van der Waals surface area contributed by atoms with E-state index in [2.05, 4.69) is 48.1 Å². The molecule has 1 N–H and O–H groups in total. The highest BCUT2D eigenvalue weighted by Crippen LogP contribution is 2.77. The summed E-state index contributed by atoms with van der Waals surface area (Å²) in [4.78, 5) is 27.7. The Bertz CT molecular complexity index is 1410. The molecule has 0 aliphatic heterocycles. The minimum absolute atomic E-state index is 0.0102. The van der Waals surface area contributed by atoms with E-state index in [1.165, 1.54) is 5.57 Å². The summed E-state index contributed by atoms with van der Waals surface area (Å²) in [5.74, 6) is 1.98. The normalized spacial score (nSPS) is 43.3. The summed E-state index contributed by atoms with van der Waals surface area (Å²) < 4.78 is 5.53. The van der Waals surface area contributed by atoms with Gasteiger partial charge in [-0.2, -0.15) is 0 Å². The van der Waals surface area contributed by atoms with Crippen LogP contribution in [0.1, 0.15) is 105 Å². The van der Waals surface area contributed by atoms with Gasteiger partial charge in [0.1, 0.15) is 0 Å². The van der Waals surface area contributed by atoms with E-state index in [0.717, 1.165) is 68.9 Å². The van der Waals surface area contributed by atoms with E-state index >= 15 is 0 Å². The van der Waals surface area contributed by atoms with Gasteiger partial charge in [-0.1, -0.05) is 58.9 Å². The first-order valence-corrected chi connectivity index (χ1v) is 16.8. The van der Waals surface area contributed by atoms with Gasteiger partial charge in [0.05, 0.1) is 18.2 Å². The molecule has 0 heterocycles. The third-order valence-electron chi connectivity index (χ3n) is 14.7. The zero-order valence-electron chi connectivity index (χ0n) is 27.9. The highest BCUT2D eigenvalue weighted by atomic mass is 16.8. The van der Waals surface area contributed by atoms with Gasteiger partial charge in [-0.15, -0.1) is 0 Å². The fourth-order valence-corrected chi connectivity index (χ4v) is 12.6. The third-order valence-corrected chi connectivity index (χ3v) is 14.7. The SMILES string of the molecule is C=C(C)[C@H]1CC[C@@]2(C(=O)OC)CC[C@]3(C)[C@@H](CC[C@H]4[C@@]5(C)CC(=Cc6cccc(N([O-])O)c6)C(=O)C(C)(C)[C@@H]5CC[C@]43C)[C@@H]12. The summed E-state index contributed by atoms with van der Waals surface area (Å²) in [5, 5.41) is 20.9. The van der Waals surface area contributed by atoms with E-state index in [1.54, 1.807) is 25.3 Å². The van der Waals surface area contributed by atoms with Crippen molar-refractivity contribution in [1.82, 2.24) is 0 Å². The van der Waals surface area contributed by atoms with Gasteiger partial charge in [0.2, 0.25) is 0 Å². The lowest BCUT2D eigenvalue weighted by molar-refractivity contribution is -0.232. The maximum atomic E-state index is 14.1. The van der Waals surface area contributed by atoms with Crippen LogP contribution in [0.2, 0.25) is 0 Å². The molecule has 0 spiro atoms. The zero-order chi connectivity index (χ0) is 32.0. The van der Waals surface area contributed by atoms with Gasteiger partial charge < -0.3 is 15.2 Å². The molecule has 6 rings (SSSR count). The van der Waals surface area contributed by atoms with E-state index in [-0.39, 0.29) is 50.7 Å². The van der Waals surface area contributed by atoms with Crippen LogP contribution in [0.15, 0.2) is 42.0 Å². The van der Waals surface area contributed by atoms with Crippen molar-refractivity contribution in [3.8, 4) is 0 Å². The number of hydrogen-bond donors (Lipinski definition) is 1. The Hall–Kier alpha value is -2.44. The average molecular weight is 603 g/mol. The molecule has 240 valence electrons. The van der Waals surface area contributed by atoms with Crippen LogP contribution in [0.3, 0.4) is 0 Å². The fraction of sp³-hybridized carbons (Fsp3) is 0.684. The van der Waals surface area contributed by atoms with Gasteiger partial charge in [0.25, 0.3) is 0 Å². The van der Waals surface area contributed by atoms with Crippen molar-refractivity contribution in [2.45, 2.75) is 99.3 Å². The van der Waals surface area contributed by atoms with Gasteiger partial charge in [-0.05, 0) is 140 Å². The molecule has 5 aliphatic rings. The van der Waals surface area contributed by atoms with Crippen molar-refractivity contribution < 1.29 is 19.5 Å². The molecule has 5 saturated carbocycles. The van der Waals surface area contributed by atoms with Crippen LogP contribution < -0.4 is 5.23 Å². The highest BCUT2D eigenvalue weighted by molar-refractivity contribution is 6.04. The summed E-state index contributed by atoms with van der Waals surface area (Å²) in [5.41, 5.74) is 2.13. The summed E-state index contributed by atoms with van der Waals surface area (Å²) >= 11 is 0. The number of hydrogen-bond acceptors (Lipinski definition) is 6. The standard InChI is InChI=1S/C38H52NO5/c1-23(2)27-14-17-38(33(41)44-8)19-18-36(6)28(31(27)38)12-13-30-35(5)22-25(20-24-10-9-11-26(21-24)39(42)43)32(40)34(3,4)29(35)15-16-37(30,36)7/h9-11,20-21,27-31,42H,1,12-19,22H2,2-8H3/q-1/t27-,28+,29+,30+,31-,35+,36-,37-,38-/m1/s1. The van der Waals surface area contributed by atoms with Gasteiger partial charge in [-0.25, -0.2) is 0 Å². The molecular formula is C38H52NO5-. The Balaban J connectivity index is 1.41. The molecule has 9 atom stereocenters. The van der Waals surface area contributed by atoms with Crippen LogP contribution in [0.4, 0.5) is 5.69 Å². The summed E-state index contributed by atoms with van der Waals surface area (Å²) in [6, 6.07) is 6.83. The lowest BCUT2D eigenvalue weighted by Crippen LogP contribution is -2.67. The van der Waals surface area contributed by atoms with Crippen molar-refractivity contribution in [2.24, 2.45) is 56.7 Å². The highest BCUT2D eigenvalue weighted by Gasteiger charge is 2.72. The number of carbonyl (C=O) groups excluding carboxylic acids is 2. The molecule has 0 aromatic heterocycles. The van der Waals surface area contributed by atoms with Crippen LogP contribution in [0.5, 0.6) is 0 Å². The van der Waals surface area contributed by atoms with Gasteiger partial charge in [0, 0.05) is 5.41 Å². The Morgan fingerprint density at radius 1 is 1.02 bits per heavy atom. The number of ether oxygens (including phenoxy) is 1. The van der Waals surface area contributed by atoms with Crippen LogP contribution in [0.25, 0.3) is 6.08 Å². The molecule has 1 aromatic rings. The minimum Gasteiger partial charge on any atom is -0.733 e. The molecule has 44 heavy (non-hydrogen) atoms. The van der Waals surface area contributed by atoms with E-state index in [1.807, 2.05) is 12.1 Å². The number of fused-ring (bicyclic) bond motifs is 7. The average Bonchev–Trinajstić information content (AvgIpc) is 3.37. The lowest BCUT2D eigenvalue weighted by atomic mass is 9.32. The first kappa shape index (κ1) is 31.5. The second kappa shape index (κ2) is 10.3. The van der Waals surface area contributed by atoms with Crippen LogP contribution in [-0.2, 0) is 14.3 Å². The summed E-state index contributed by atoms with van der Waals surface area (Å²) in [6.07, 6.45) is 10.8. The molecule has 0 radical (unpaired) electrons. The molecule has 0 bridgehead atoms. The van der Waals surface area contributed by atoms with E-state index in [0.29, 0.717) is 17.8 Å². The van der Waals surface area contributed by atoms with Crippen molar-refractivity contribution in [1.29, 1.82) is 0 Å². The van der Waals surface area contributed by atoms with E-state index in [4.69, 9.17) is 4.74 Å². The number of carbonyl (C=O) groups is 2. The van der Waals surface area contributed by atoms with E-state index < -0.39 is 10.8 Å². The van der Waals surface area contributed by atoms with Crippen molar-refractivity contribution in [3.05, 3.63) is 52.8 Å². The molecule has 5 fully saturated rings. The summed E-state index contributed by atoms with van der Waals surface area (Å²) in [7, 11) is 1.56. The maximum Gasteiger partial charge on any atom is 0.312 e. The molecule has 0 saturated heterocycles. The number of anilines is 1. The number of benzene rings is 1. The molecule has 1 aromatic carbocycles. The number of ketones is 1. The number of Topliss-reactive ketones (excluding diaryl/α,β-unsaturated/α-hetero) is 1. The molecule has 5 aliphatic carbocycles. The first-order chi connectivity index (χ1) is 20.6. The fourth-order valence-electron chi connectivity index (χ4n) is 12.6. The van der Waals surface area contributed by atoms with Crippen molar-refractivity contribution in [3.63, 3.8) is 0 Å². The molecular weight excluding hydrogens is 550 g/mol. The predicted molar refractivity (Wildman–Crippen MR) is 173 cm³/mol. The quantitative estimate of drug-likeness (QED) is 0.160. The number of nitrogens with zero attached hydrogens (tertiary/aromatic N) is 1. The Morgan fingerprint density at radius 3 is 2.41 bits per heavy atom. The van der Waals surface area contributed by atoms with Gasteiger partial charge in [-0.3, -0.25) is 14.8 Å².